The summed E-state index contributed by atoms with van der Waals surface area (Å²) in [6.07, 6.45) is 0. The van der Waals surface area contributed by atoms with E-state index in [4.69, 9.17) is 10.00 Å². The van der Waals surface area contributed by atoms with Gasteiger partial charge in [0.25, 0.3) is 0 Å². The number of nitrogens with zero attached hydrogens (tertiary/aromatic N) is 1. The van der Waals surface area contributed by atoms with Gasteiger partial charge < -0.3 is 4.74 Å². The molecule has 0 N–H and O–H groups in total. The molecule has 2 rings (SSSR count). The van der Waals surface area contributed by atoms with Gasteiger partial charge in [0, 0.05) is 0 Å². The van der Waals surface area contributed by atoms with E-state index in [1.54, 1.807) is 12.1 Å². The van der Waals surface area contributed by atoms with Gasteiger partial charge in [0.2, 0.25) is 9.84 Å². The molecule has 4 nitrogen and oxygen atoms in total. The first-order chi connectivity index (χ1) is 9.07. The Morgan fingerprint density at radius 2 is 1.42 bits per heavy atom. The van der Waals surface area contributed by atoms with E-state index in [0.717, 1.165) is 0 Å². The van der Waals surface area contributed by atoms with Gasteiger partial charge in [0.05, 0.1) is 28.5 Å². The summed E-state index contributed by atoms with van der Waals surface area (Å²) in [5.41, 5.74) is 0.425. The highest BCUT2D eigenvalue weighted by molar-refractivity contribution is 7.91. The van der Waals surface area contributed by atoms with E-state index in [0.29, 0.717) is 11.3 Å². The maximum absolute atomic E-state index is 12.3. The predicted octanol–water partition coefficient (Wildman–Crippen LogP) is 2.40. The minimum Gasteiger partial charge on any atom is -0.497 e. The normalized spacial score (nSPS) is 10.7. The van der Waals surface area contributed by atoms with E-state index in [1.165, 1.54) is 43.5 Å². The molecular formula is C14H11NO3S. The quantitative estimate of drug-likeness (QED) is 0.861. The van der Waals surface area contributed by atoms with Crippen LogP contribution in [0.25, 0.3) is 0 Å². The lowest BCUT2D eigenvalue weighted by Gasteiger charge is -2.05. The van der Waals surface area contributed by atoms with E-state index in [1.807, 2.05) is 6.07 Å². The summed E-state index contributed by atoms with van der Waals surface area (Å²) < 4.78 is 29.6. The second kappa shape index (κ2) is 5.12. The Hall–Kier alpha value is -2.32. The lowest BCUT2D eigenvalue weighted by molar-refractivity contribution is 0.414. The Morgan fingerprint density at radius 3 is 1.84 bits per heavy atom. The van der Waals surface area contributed by atoms with Gasteiger partial charge in [-0.05, 0) is 48.5 Å². The molecule has 0 aliphatic carbocycles. The monoisotopic (exact) mass is 273 g/mol. The second-order valence-corrected chi connectivity index (χ2v) is 5.76. The fourth-order valence-electron chi connectivity index (χ4n) is 1.60. The van der Waals surface area contributed by atoms with Crippen molar-refractivity contribution < 1.29 is 13.2 Å². The SMILES string of the molecule is COc1ccc(S(=O)(=O)c2ccc(C#N)cc2)cc1. The van der Waals surface area contributed by atoms with Crippen LogP contribution in [-0.2, 0) is 9.84 Å². The van der Waals surface area contributed by atoms with Crippen molar-refractivity contribution in [3.8, 4) is 11.8 Å². The maximum Gasteiger partial charge on any atom is 0.206 e. The molecule has 19 heavy (non-hydrogen) atoms. The van der Waals surface area contributed by atoms with Crippen LogP contribution < -0.4 is 4.74 Å². The Bertz CT molecular complexity index is 711. The van der Waals surface area contributed by atoms with E-state index in [9.17, 15) is 8.42 Å². The average Bonchev–Trinajstić information content (AvgIpc) is 2.47. The predicted molar refractivity (Wildman–Crippen MR) is 69.6 cm³/mol. The zero-order chi connectivity index (χ0) is 13.9. The standard InChI is InChI=1S/C14H11NO3S/c1-18-12-4-8-14(9-5-12)19(16,17)13-6-2-11(10-15)3-7-13/h2-9H,1H3. The van der Waals surface area contributed by atoms with Crippen molar-refractivity contribution in [1.29, 1.82) is 5.26 Å². The molecule has 0 aliphatic rings. The maximum atomic E-state index is 12.3. The molecule has 0 aromatic heterocycles. The molecule has 2 aromatic carbocycles. The molecule has 2 aromatic rings. The molecule has 0 heterocycles. The van der Waals surface area contributed by atoms with Gasteiger partial charge in [-0.1, -0.05) is 0 Å². The van der Waals surface area contributed by atoms with Crippen LogP contribution in [0.5, 0.6) is 5.75 Å². The average molecular weight is 273 g/mol. The third kappa shape index (κ3) is 2.59. The molecule has 0 unspecified atom stereocenters. The Labute approximate surface area is 111 Å². The van der Waals surface area contributed by atoms with Crippen molar-refractivity contribution in [1.82, 2.24) is 0 Å². The van der Waals surface area contributed by atoms with E-state index < -0.39 is 9.84 Å². The fourth-order valence-corrected chi connectivity index (χ4v) is 2.86. The molecular weight excluding hydrogens is 262 g/mol. The minimum atomic E-state index is -3.55. The number of benzene rings is 2. The van der Waals surface area contributed by atoms with E-state index in [2.05, 4.69) is 0 Å². The third-order valence-corrected chi connectivity index (χ3v) is 4.45. The number of sulfone groups is 1. The number of rotatable bonds is 3. The van der Waals surface area contributed by atoms with Gasteiger partial charge in [-0.15, -0.1) is 0 Å². The molecule has 0 aliphatic heterocycles. The summed E-state index contributed by atoms with van der Waals surface area (Å²) in [4.78, 5) is 0.356. The fraction of sp³-hybridized carbons (Fsp3) is 0.0714. The van der Waals surface area contributed by atoms with Gasteiger partial charge in [-0.25, -0.2) is 8.42 Å². The summed E-state index contributed by atoms with van der Waals surface area (Å²) >= 11 is 0. The van der Waals surface area contributed by atoms with Crippen LogP contribution in [0, 0.1) is 11.3 Å². The molecule has 0 spiro atoms. The number of methoxy groups -OCH3 is 1. The van der Waals surface area contributed by atoms with Gasteiger partial charge in [-0.3, -0.25) is 0 Å². The van der Waals surface area contributed by atoms with Crippen molar-refractivity contribution in [2.24, 2.45) is 0 Å². The molecule has 0 saturated carbocycles. The zero-order valence-electron chi connectivity index (χ0n) is 10.2. The third-order valence-electron chi connectivity index (χ3n) is 2.66. The van der Waals surface area contributed by atoms with Crippen LogP contribution in [0.15, 0.2) is 58.3 Å². The number of nitriles is 1. The summed E-state index contributed by atoms with van der Waals surface area (Å²) in [6.45, 7) is 0. The first-order valence-corrected chi connectivity index (χ1v) is 6.95. The smallest absolute Gasteiger partial charge is 0.206 e. The van der Waals surface area contributed by atoms with Crippen molar-refractivity contribution in [2.75, 3.05) is 7.11 Å². The van der Waals surface area contributed by atoms with Crippen LogP contribution in [-0.4, -0.2) is 15.5 Å². The number of hydrogen-bond acceptors (Lipinski definition) is 4. The summed E-state index contributed by atoms with van der Waals surface area (Å²) in [7, 11) is -2.04. The van der Waals surface area contributed by atoms with Gasteiger partial charge in [0.1, 0.15) is 5.75 Å². The number of hydrogen-bond donors (Lipinski definition) is 0. The van der Waals surface area contributed by atoms with Crippen LogP contribution in [0.2, 0.25) is 0 Å². The van der Waals surface area contributed by atoms with Crippen LogP contribution in [0.4, 0.5) is 0 Å². The van der Waals surface area contributed by atoms with Crippen molar-refractivity contribution in [2.45, 2.75) is 9.79 Å². The van der Waals surface area contributed by atoms with E-state index in [-0.39, 0.29) is 9.79 Å². The summed E-state index contributed by atoms with van der Waals surface area (Å²) in [5.74, 6) is 0.596. The van der Waals surface area contributed by atoms with Crippen molar-refractivity contribution in [3.05, 3.63) is 54.1 Å². The first kappa shape index (κ1) is 13.1. The Kier molecular flexibility index (Phi) is 3.54. The summed E-state index contributed by atoms with van der Waals surface area (Å²) in [5, 5.41) is 8.69. The largest absolute Gasteiger partial charge is 0.497 e. The zero-order valence-corrected chi connectivity index (χ0v) is 11.0. The molecule has 0 fully saturated rings. The second-order valence-electron chi connectivity index (χ2n) is 3.82. The van der Waals surface area contributed by atoms with Crippen molar-refractivity contribution in [3.63, 3.8) is 0 Å². The first-order valence-electron chi connectivity index (χ1n) is 5.47. The Morgan fingerprint density at radius 1 is 0.947 bits per heavy atom. The van der Waals surface area contributed by atoms with Gasteiger partial charge in [0.15, 0.2) is 0 Å². The highest BCUT2D eigenvalue weighted by Crippen LogP contribution is 2.23. The highest BCUT2D eigenvalue weighted by Gasteiger charge is 2.17. The molecule has 0 radical (unpaired) electrons. The van der Waals surface area contributed by atoms with Crippen molar-refractivity contribution >= 4 is 9.84 Å². The summed E-state index contributed by atoms with van der Waals surface area (Å²) in [6, 6.07) is 13.9. The van der Waals surface area contributed by atoms with Gasteiger partial charge in [-0.2, -0.15) is 5.26 Å². The van der Waals surface area contributed by atoms with Crippen LogP contribution in [0.3, 0.4) is 0 Å². The minimum absolute atomic E-state index is 0.164. The van der Waals surface area contributed by atoms with Crippen LogP contribution in [0.1, 0.15) is 5.56 Å². The molecule has 0 bridgehead atoms. The molecule has 0 saturated heterocycles. The van der Waals surface area contributed by atoms with Crippen LogP contribution >= 0.6 is 0 Å². The molecule has 0 atom stereocenters. The molecule has 96 valence electrons. The molecule has 0 amide bonds. The lowest BCUT2D eigenvalue weighted by Crippen LogP contribution is -2.01. The molecule has 5 heteroatoms. The number of ether oxygens (including phenoxy) is 1. The highest BCUT2D eigenvalue weighted by atomic mass is 32.2. The van der Waals surface area contributed by atoms with Gasteiger partial charge >= 0.3 is 0 Å². The topological polar surface area (TPSA) is 67.2 Å². The lowest BCUT2D eigenvalue weighted by atomic mass is 10.2. The van der Waals surface area contributed by atoms with E-state index >= 15 is 0 Å². The Balaban J connectivity index is 2.43.